The van der Waals surface area contributed by atoms with Crippen molar-refractivity contribution in [3.8, 4) is 5.75 Å². The van der Waals surface area contributed by atoms with Crippen LogP contribution in [0.25, 0.3) is 0 Å². The molecule has 0 fully saturated rings. The van der Waals surface area contributed by atoms with Gasteiger partial charge in [0.15, 0.2) is 13.2 Å². The topological polar surface area (TPSA) is 55.8 Å². The minimum absolute atomic E-state index is 0.228. The molecule has 0 saturated heterocycles. The third-order valence-corrected chi connectivity index (χ3v) is 4.31. The fourth-order valence-corrected chi connectivity index (χ4v) is 2.82. The lowest BCUT2D eigenvalue weighted by atomic mass is 9.98. The first-order valence-electron chi connectivity index (χ1n) is 9.13. The van der Waals surface area contributed by atoms with E-state index in [0.717, 1.165) is 5.56 Å². The van der Waals surface area contributed by atoms with E-state index in [4.69, 9.17) is 9.47 Å². The molecule has 0 atom stereocenters. The maximum atomic E-state index is 13.2. The van der Waals surface area contributed by atoms with E-state index in [1.165, 1.54) is 22.6 Å². The molecule has 0 aromatic heterocycles. The number of halogens is 1. The van der Waals surface area contributed by atoms with Crippen molar-refractivity contribution >= 4 is 11.9 Å². The number of ether oxygens (including phenoxy) is 2. The summed E-state index contributed by atoms with van der Waals surface area (Å²) in [5, 5.41) is 0. The fourth-order valence-electron chi connectivity index (χ4n) is 2.82. The highest BCUT2D eigenvalue weighted by molar-refractivity contribution is 5.80. The molecule has 28 heavy (non-hydrogen) atoms. The number of carbonyl (C=O) groups excluding carboxylic acids is 2. The summed E-state index contributed by atoms with van der Waals surface area (Å²) in [4.78, 5) is 25.3. The van der Waals surface area contributed by atoms with Crippen molar-refractivity contribution in [2.45, 2.75) is 33.2 Å². The molecule has 150 valence electrons. The predicted octanol–water partition coefficient (Wildman–Crippen LogP) is 3.84. The molecule has 0 N–H and O–H groups in total. The van der Waals surface area contributed by atoms with Crippen molar-refractivity contribution in [1.82, 2.24) is 4.90 Å². The van der Waals surface area contributed by atoms with Crippen molar-refractivity contribution in [3.63, 3.8) is 0 Å². The summed E-state index contributed by atoms with van der Waals surface area (Å²) in [6, 6.07) is 11.7. The van der Waals surface area contributed by atoms with E-state index >= 15 is 0 Å². The van der Waals surface area contributed by atoms with Crippen LogP contribution in [0.5, 0.6) is 5.75 Å². The smallest absolute Gasteiger partial charge is 0.344 e. The van der Waals surface area contributed by atoms with Crippen LogP contribution >= 0.6 is 0 Å². The summed E-state index contributed by atoms with van der Waals surface area (Å²) in [7, 11) is 1.57. The third-order valence-electron chi connectivity index (χ3n) is 4.31. The molecule has 0 bridgehead atoms. The Morgan fingerprint density at radius 2 is 1.86 bits per heavy atom. The molecule has 0 saturated carbocycles. The van der Waals surface area contributed by atoms with Gasteiger partial charge in [-0.2, -0.15) is 0 Å². The van der Waals surface area contributed by atoms with E-state index < -0.39 is 5.97 Å². The average Bonchev–Trinajstić information content (AvgIpc) is 2.64. The molecule has 0 aliphatic rings. The maximum Gasteiger partial charge on any atom is 0.344 e. The Morgan fingerprint density at radius 1 is 1.11 bits per heavy atom. The number of aryl methyl sites for hydroxylation is 1. The van der Waals surface area contributed by atoms with Gasteiger partial charge in [-0.1, -0.05) is 32.0 Å². The van der Waals surface area contributed by atoms with Gasteiger partial charge in [0.05, 0.1) is 0 Å². The maximum absolute atomic E-state index is 13.2. The van der Waals surface area contributed by atoms with Gasteiger partial charge in [0.1, 0.15) is 11.6 Å². The number of amides is 1. The Balaban J connectivity index is 1.77. The van der Waals surface area contributed by atoms with Crippen molar-refractivity contribution in [2.75, 3.05) is 20.3 Å². The summed E-state index contributed by atoms with van der Waals surface area (Å²) in [5.74, 6) is -0.380. The van der Waals surface area contributed by atoms with Crippen molar-refractivity contribution < 1.29 is 23.5 Å². The Bertz CT molecular complexity index is 835. The van der Waals surface area contributed by atoms with Gasteiger partial charge in [-0.05, 0) is 53.8 Å². The first-order chi connectivity index (χ1) is 13.3. The molecule has 2 aromatic carbocycles. The van der Waals surface area contributed by atoms with E-state index in [9.17, 15) is 14.0 Å². The molecule has 2 aromatic rings. The normalized spacial score (nSPS) is 10.6. The molecule has 0 aliphatic carbocycles. The largest absolute Gasteiger partial charge is 0.482 e. The standard InChI is InChI=1S/C22H26FNO4/c1-15(2)20-9-8-19(10-16(20)3)27-14-22(26)28-13-21(25)24(4)12-17-6-5-7-18(23)11-17/h5-11,15H,12-14H2,1-4H3. The van der Waals surface area contributed by atoms with Gasteiger partial charge in [0, 0.05) is 13.6 Å². The summed E-state index contributed by atoms with van der Waals surface area (Å²) in [6.45, 7) is 5.78. The Morgan fingerprint density at radius 3 is 2.50 bits per heavy atom. The van der Waals surface area contributed by atoms with Crippen molar-refractivity contribution in [2.24, 2.45) is 0 Å². The molecular weight excluding hydrogens is 361 g/mol. The summed E-state index contributed by atoms with van der Waals surface area (Å²) < 4.78 is 23.6. The van der Waals surface area contributed by atoms with E-state index in [0.29, 0.717) is 17.2 Å². The fraction of sp³-hybridized carbons (Fsp3) is 0.364. The zero-order valence-corrected chi connectivity index (χ0v) is 16.7. The van der Waals surface area contributed by atoms with Gasteiger partial charge in [0.25, 0.3) is 5.91 Å². The minimum Gasteiger partial charge on any atom is -0.482 e. The van der Waals surface area contributed by atoms with Crippen LogP contribution in [0.15, 0.2) is 42.5 Å². The molecule has 0 aliphatic heterocycles. The second kappa shape index (κ2) is 9.88. The lowest BCUT2D eigenvalue weighted by Crippen LogP contribution is -2.31. The van der Waals surface area contributed by atoms with E-state index in [2.05, 4.69) is 13.8 Å². The lowest BCUT2D eigenvalue weighted by molar-refractivity contribution is -0.153. The van der Waals surface area contributed by atoms with Gasteiger partial charge in [0.2, 0.25) is 0 Å². The number of carbonyl (C=O) groups is 2. The van der Waals surface area contributed by atoms with Crippen LogP contribution in [-0.2, 0) is 20.9 Å². The SMILES string of the molecule is Cc1cc(OCC(=O)OCC(=O)N(C)Cc2cccc(F)c2)ccc1C(C)C. The highest BCUT2D eigenvalue weighted by Crippen LogP contribution is 2.23. The number of esters is 1. The van der Waals surface area contributed by atoms with Crippen molar-refractivity contribution in [3.05, 3.63) is 65.0 Å². The van der Waals surface area contributed by atoms with Crippen LogP contribution in [0.3, 0.4) is 0 Å². The number of likely N-dealkylation sites (N-methyl/N-ethyl adjacent to an activating group) is 1. The number of hydrogen-bond acceptors (Lipinski definition) is 4. The molecule has 2 rings (SSSR count). The molecular formula is C22H26FNO4. The zero-order valence-electron chi connectivity index (χ0n) is 16.7. The molecule has 5 nitrogen and oxygen atoms in total. The summed E-state index contributed by atoms with van der Waals surface area (Å²) in [5.41, 5.74) is 2.97. The van der Waals surface area contributed by atoms with Crippen LogP contribution in [0.2, 0.25) is 0 Å². The molecule has 6 heteroatoms. The Hall–Kier alpha value is -2.89. The first kappa shape index (κ1) is 21.4. The van der Waals surface area contributed by atoms with Gasteiger partial charge in [-0.15, -0.1) is 0 Å². The van der Waals surface area contributed by atoms with Gasteiger partial charge < -0.3 is 14.4 Å². The first-order valence-corrected chi connectivity index (χ1v) is 9.13. The van der Waals surface area contributed by atoms with Crippen LogP contribution in [0.1, 0.15) is 36.5 Å². The predicted molar refractivity (Wildman–Crippen MR) is 105 cm³/mol. The lowest BCUT2D eigenvalue weighted by Gasteiger charge is -2.17. The van der Waals surface area contributed by atoms with Crippen LogP contribution in [0, 0.1) is 12.7 Å². The van der Waals surface area contributed by atoms with E-state index in [-0.39, 0.29) is 31.5 Å². The van der Waals surface area contributed by atoms with Gasteiger partial charge >= 0.3 is 5.97 Å². The number of benzene rings is 2. The number of rotatable bonds is 8. The highest BCUT2D eigenvalue weighted by atomic mass is 19.1. The second-order valence-electron chi connectivity index (χ2n) is 7.00. The van der Waals surface area contributed by atoms with E-state index in [1.54, 1.807) is 19.2 Å². The average molecular weight is 387 g/mol. The summed E-state index contributed by atoms with van der Waals surface area (Å²) in [6.07, 6.45) is 0. The Kier molecular flexibility index (Phi) is 7.55. The van der Waals surface area contributed by atoms with Gasteiger partial charge in [-0.25, -0.2) is 9.18 Å². The number of nitrogens with zero attached hydrogens (tertiary/aromatic N) is 1. The van der Waals surface area contributed by atoms with Crippen LogP contribution in [0.4, 0.5) is 4.39 Å². The second-order valence-corrected chi connectivity index (χ2v) is 7.00. The highest BCUT2D eigenvalue weighted by Gasteiger charge is 2.14. The molecule has 0 spiro atoms. The number of hydrogen-bond donors (Lipinski definition) is 0. The molecule has 0 heterocycles. The monoisotopic (exact) mass is 387 g/mol. The molecule has 1 amide bonds. The van der Waals surface area contributed by atoms with E-state index in [1.807, 2.05) is 25.1 Å². The minimum atomic E-state index is -0.627. The molecule has 0 unspecified atom stereocenters. The summed E-state index contributed by atoms with van der Waals surface area (Å²) >= 11 is 0. The Labute approximate surface area is 165 Å². The van der Waals surface area contributed by atoms with Crippen LogP contribution in [-0.4, -0.2) is 37.0 Å². The van der Waals surface area contributed by atoms with Crippen LogP contribution < -0.4 is 4.74 Å². The molecule has 0 radical (unpaired) electrons. The third kappa shape index (κ3) is 6.37. The zero-order chi connectivity index (χ0) is 20.7. The quantitative estimate of drug-likeness (QED) is 0.646. The van der Waals surface area contributed by atoms with Gasteiger partial charge in [-0.3, -0.25) is 4.79 Å². The van der Waals surface area contributed by atoms with Crippen molar-refractivity contribution in [1.29, 1.82) is 0 Å².